The van der Waals surface area contributed by atoms with E-state index < -0.39 is 11.7 Å². The average Bonchev–Trinajstić information content (AvgIpc) is 3.03. The summed E-state index contributed by atoms with van der Waals surface area (Å²) in [5.74, 6) is 0.459. The molecular weight excluding hydrogens is 359 g/mol. The Morgan fingerprint density at radius 3 is 2.42 bits per heavy atom. The Kier molecular flexibility index (Phi) is 4.78. The molecule has 1 atom stereocenters. The monoisotopic (exact) mass is 371 g/mol. The maximum Gasteiger partial charge on any atom is 0.416 e. The molecule has 3 rings (SSSR count). The summed E-state index contributed by atoms with van der Waals surface area (Å²) in [4.78, 5) is 14.3. The lowest BCUT2D eigenvalue weighted by Gasteiger charge is -2.25. The summed E-state index contributed by atoms with van der Waals surface area (Å²) in [6.45, 7) is 0.528. The zero-order valence-electron chi connectivity index (χ0n) is 12.4. The van der Waals surface area contributed by atoms with Gasteiger partial charge in [0.05, 0.1) is 5.56 Å². The molecule has 0 N–H and O–H groups in total. The Balaban J connectivity index is 1.85. The van der Waals surface area contributed by atoms with E-state index in [0.717, 1.165) is 23.4 Å². The molecule has 126 valence electrons. The molecule has 1 amide bonds. The molecule has 24 heavy (non-hydrogen) atoms. The van der Waals surface area contributed by atoms with Crippen molar-refractivity contribution in [1.29, 1.82) is 0 Å². The number of carbonyl (C=O) groups excluding carboxylic acids is 1. The van der Waals surface area contributed by atoms with Gasteiger partial charge in [-0.3, -0.25) is 4.79 Å². The molecule has 0 aromatic heterocycles. The number of rotatable bonds is 2. The van der Waals surface area contributed by atoms with E-state index in [1.807, 2.05) is 18.2 Å². The normalized spacial score (nSPS) is 18.0. The molecule has 1 fully saturated rings. The first-order chi connectivity index (χ1) is 11.4. The lowest BCUT2D eigenvalue weighted by molar-refractivity contribution is -0.137. The summed E-state index contributed by atoms with van der Waals surface area (Å²) in [7, 11) is 0. The van der Waals surface area contributed by atoms with Gasteiger partial charge in [-0.25, -0.2) is 0 Å². The minimum Gasteiger partial charge on any atom is -0.322 e. The Morgan fingerprint density at radius 2 is 1.79 bits per heavy atom. The zero-order valence-corrected chi connectivity index (χ0v) is 14.0. The minimum absolute atomic E-state index is 0.228. The molecular formula is C17H13ClF3NOS. The Labute approximate surface area is 146 Å². The molecule has 2 aromatic carbocycles. The Bertz CT molecular complexity index is 748. The highest BCUT2D eigenvalue weighted by Crippen LogP contribution is 2.41. The summed E-state index contributed by atoms with van der Waals surface area (Å²) in [6.07, 6.45) is -4.41. The summed E-state index contributed by atoms with van der Waals surface area (Å²) in [6, 6.07) is 11.6. The second-order valence-electron chi connectivity index (χ2n) is 5.32. The molecule has 0 aliphatic carbocycles. The predicted octanol–water partition coefficient (Wildman–Crippen LogP) is 5.25. The number of benzene rings is 2. The van der Waals surface area contributed by atoms with Crippen LogP contribution < -0.4 is 0 Å². The van der Waals surface area contributed by atoms with Crippen molar-refractivity contribution in [3.8, 4) is 0 Å². The molecule has 1 aliphatic rings. The molecule has 2 aromatic rings. The van der Waals surface area contributed by atoms with Crippen molar-refractivity contribution in [2.75, 3.05) is 12.3 Å². The smallest absolute Gasteiger partial charge is 0.322 e. The topological polar surface area (TPSA) is 20.3 Å². The van der Waals surface area contributed by atoms with Gasteiger partial charge >= 0.3 is 6.18 Å². The lowest BCUT2D eigenvalue weighted by atomic mass is 10.1. The van der Waals surface area contributed by atoms with Gasteiger partial charge in [0.2, 0.25) is 0 Å². The first-order valence-corrected chi connectivity index (χ1v) is 8.65. The van der Waals surface area contributed by atoms with Crippen molar-refractivity contribution in [2.45, 2.75) is 11.6 Å². The lowest BCUT2D eigenvalue weighted by Crippen LogP contribution is -2.30. The Morgan fingerprint density at radius 1 is 1.12 bits per heavy atom. The minimum atomic E-state index is -4.41. The van der Waals surface area contributed by atoms with Crippen molar-refractivity contribution in [3.05, 3.63) is 70.2 Å². The number of thioether (sulfide) groups is 1. The summed E-state index contributed by atoms with van der Waals surface area (Å²) >= 11 is 7.80. The number of halogens is 4. The van der Waals surface area contributed by atoms with Crippen LogP contribution in [0, 0.1) is 0 Å². The molecule has 0 spiro atoms. The Hall–Kier alpha value is -1.66. The van der Waals surface area contributed by atoms with Crippen molar-refractivity contribution < 1.29 is 18.0 Å². The van der Waals surface area contributed by atoms with Crippen LogP contribution in [-0.2, 0) is 6.18 Å². The van der Waals surface area contributed by atoms with E-state index >= 15 is 0 Å². The van der Waals surface area contributed by atoms with Gasteiger partial charge in [-0.15, -0.1) is 11.8 Å². The van der Waals surface area contributed by atoms with Crippen molar-refractivity contribution in [3.63, 3.8) is 0 Å². The van der Waals surface area contributed by atoms with Gasteiger partial charge in [0, 0.05) is 28.4 Å². The van der Waals surface area contributed by atoms with Crippen LogP contribution in [0.15, 0.2) is 48.5 Å². The maximum absolute atomic E-state index is 12.7. The summed E-state index contributed by atoms with van der Waals surface area (Å²) in [5.41, 5.74) is 0.307. The number of nitrogens with zero attached hydrogens (tertiary/aromatic N) is 1. The number of hydrogen-bond donors (Lipinski definition) is 0. The standard InChI is InChI=1S/C17H13ClF3NOS/c18-14-4-2-1-3-13(14)16-22(9-10-24-16)15(23)11-5-7-12(8-6-11)17(19,20)21/h1-8,16H,9-10H2. The van der Waals surface area contributed by atoms with Gasteiger partial charge in [-0.05, 0) is 30.3 Å². The van der Waals surface area contributed by atoms with Gasteiger partial charge in [0.1, 0.15) is 5.37 Å². The molecule has 1 saturated heterocycles. The van der Waals surface area contributed by atoms with E-state index in [1.165, 1.54) is 12.1 Å². The molecule has 7 heteroatoms. The quantitative estimate of drug-likeness (QED) is 0.719. The number of alkyl halides is 3. The van der Waals surface area contributed by atoms with E-state index in [-0.39, 0.29) is 16.8 Å². The highest BCUT2D eigenvalue weighted by Gasteiger charge is 2.34. The third-order valence-corrected chi connectivity index (χ3v) is 5.37. The van der Waals surface area contributed by atoms with E-state index in [1.54, 1.807) is 22.7 Å². The predicted molar refractivity (Wildman–Crippen MR) is 89.1 cm³/mol. The maximum atomic E-state index is 12.7. The van der Waals surface area contributed by atoms with E-state index in [4.69, 9.17) is 11.6 Å². The number of amides is 1. The van der Waals surface area contributed by atoms with Crippen LogP contribution in [0.1, 0.15) is 26.9 Å². The van der Waals surface area contributed by atoms with E-state index in [0.29, 0.717) is 11.6 Å². The third-order valence-electron chi connectivity index (χ3n) is 3.78. The zero-order chi connectivity index (χ0) is 17.3. The number of hydrogen-bond acceptors (Lipinski definition) is 2. The van der Waals surface area contributed by atoms with Gasteiger partial charge in [0.15, 0.2) is 0 Å². The molecule has 2 nitrogen and oxygen atoms in total. The van der Waals surface area contributed by atoms with Crippen LogP contribution in [0.25, 0.3) is 0 Å². The van der Waals surface area contributed by atoms with Crippen molar-refractivity contribution >= 4 is 29.3 Å². The summed E-state index contributed by atoms with van der Waals surface area (Å²) < 4.78 is 37.9. The molecule has 0 saturated carbocycles. The highest BCUT2D eigenvalue weighted by atomic mass is 35.5. The van der Waals surface area contributed by atoms with E-state index in [2.05, 4.69) is 0 Å². The fourth-order valence-corrected chi connectivity index (χ4v) is 4.17. The molecule has 1 unspecified atom stereocenters. The van der Waals surface area contributed by atoms with Gasteiger partial charge in [-0.2, -0.15) is 13.2 Å². The van der Waals surface area contributed by atoms with Crippen LogP contribution in [0.5, 0.6) is 0 Å². The molecule has 1 heterocycles. The van der Waals surface area contributed by atoms with Gasteiger partial charge < -0.3 is 4.90 Å². The van der Waals surface area contributed by atoms with Crippen LogP contribution in [0.3, 0.4) is 0 Å². The SMILES string of the molecule is O=C(c1ccc(C(F)(F)F)cc1)N1CCSC1c1ccccc1Cl. The van der Waals surface area contributed by atoms with Crippen LogP contribution >= 0.6 is 23.4 Å². The molecule has 0 bridgehead atoms. The second-order valence-corrected chi connectivity index (χ2v) is 6.91. The summed E-state index contributed by atoms with van der Waals surface area (Å²) in [5, 5.41) is 0.343. The third kappa shape index (κ3) is 3.39. The first-order valence-electron chi connectivity index (χ1n) is 7.22. The molecule has 0 radical (unpaired) electrons. The van der Waals surface area contributed by atoms with Crippen LogP contribution in [0.4, 0.5) is 13.2 Å². The second kappa shape index (κ2) is 6.69. The fourth-order valence-electron chi connectivity index (χ4n) is 2.58. The average molecular weight is 372 g/mol. The van der Waals surface area contributed by atoms with Gasteiger partial charge in [0.25, 0.3) is 5.91 Å². The number of carbonyl (C=O) groups is 1. The van der Waals surface area contributed by atoms with Crippen molar-refractivity contribution in [2.24, 2.45) is 0 Å². The van der Waals surface area contributed by atoms with Crippen molar-refractivity contribution in [1.82, 2.24) is 4.90 Å². The largest absolute Gasteiger partial charge is 0.416 e. The first kappa shape index (κ1) is 17.2. The van der Waals surface area contributed by atoms with Gasteiger partial charge in [-0.1, -0.05) is 29.8 Å². The fraction of sp³-hybridized carbons (Fsp3) is 0.235. The van der Waals surface area contributed by atoms with Crippen LogP contribution in [-0.4, -0.2) is 23.1 Å². The highest BCUT2D eigenvalue weighted by molar-refractivity contribution is 7.99. The molecule has 1 aliphatic heterocycles. The van der Waals surface area contributed by atoms with Crippen LogP contribution in [0.2, 0.25) is 5.02 Å². The van der Waals surface area contributed by atoms with E-state index in [9.17, 15) is 18.0 Å².